The lowest BCUT2D eigenvalue weighted by molar-refractivity contribution is -0.385. The average Bonchev–Trinajstić information content (AvgIpc) is 2.56. The summed E-state index contributed by atoms with van der Waals surface area (Å²) in [4.78, 5) is 25.0. The van der Waals surface area contributed by atoms with Crippen molar-refractivity contribution in [2.24, 2.45) is 0 Å². The van der Waals surface area contributed by atoms with Gasteiger partial charge in [0.15, 0.2) is 0 Å². The fourth-order valence-corrected chi connectivity index (χ4v) is 2.51. The lowest BCUT2D eigenvalue weighted by Crippen LogP contribution is -2.37. The van der Waals surface area contributed by atoms with E-state index in [1.807, 2.05) is 49.1 Å². The predicted molar refractivity (Wildman–Crippen MR) is 98.5 cm³/mol. The van der Waals surface area contributed by atoms with Crippen LogP contribution >= 0.6 is 0 Å². The zero-order valence-electron chi connectivity index (χ0n) is 14.7. The number of nitrogens with one attached hydrogen (secondary N) is 1. The number of rotatable bonds is 7. The van der Waals surface area contributed by atoms with E-state index < -0.39 is 4.92 Å². The van der Waals surface area contributed by atoms with Crippen LogP contribution in [-0.4, -0.2) is 28.3 Å². The van der Waals surface area contributed by atoms with E-state index in [9.17, 15) is 14.9 Å². The summed E-state index contributed by atoms with van der Waals surface area (Å²) in [5, 5.41) is 13.8. The Labute approximate surface area is 147 Å². The first-order valence-electron chi connectivity index (χ1n) is 8.19. The van der Waals surface area contributed by atoms with Crippen LogP contribution in [0, 0.1) is 17.0 Å². The monoisotopic (exact) mass is 341 g/mol. The van der Waals surface area contributed by atoms with E-state index in [-0.39, 0.29) is 24.2 Å². The first-order valence-corrected chi connectivity index (χ1v) is 8.19. The maximum atomic E-state index is 12.4. The van der Waals surface area contributed by atoms with Crippen LogP contribution in [0.5, 0.6) is 0 Å². The van der Waals surface area contributed by atoms with Crippen molar-refractivity contribution in [1.82, 2.24) is 4.90 Å². The number of hydrogen-bond acceptors (Lipinski definition) is 4. The number of carbonyl (C=O) groups is 1. The molecule has 0 spiro atoms. The summed E-state index contributed by atoms with van der Waals surface area (Å²) in [6, 6.07) is 14.9. The highest BCUT2D eigenvalue weighted by atomic mass is 16.6. The smallest absolute Gasteiger partial charge is 0.274 e. The van der Waals surface area contributed by atoms with Crippen LogP contribution in [0.4, 0.5) is 11.4 Å². The molecule has 2 rings (SSSR count). The number of nitrogens with zero attached hydrogens (tertiary/aromatic N) is 2. The van der Waals surface area contributed by atoms with Gasteiger partial charge in [0, 0.05) is 29.9 Å². The molecule has 0 aromatic heterocycles. The highest BCUT2D eigenvalue weighted by molar-refractivity contribution is 5.92. The molecule has 2 aromatic carbocycles. The van der Waals surface area contributed by atoms with Gasteiger partial charge >= 0.3 is 0 Å². The maximum absolute atomic E-state index is 12.4. The van der Waals surface area contributed by atoms with Gasteiger partial charge in [-0.05, 0) is 32.4 Å². The molecule has 0 fully saturated rings. The highest BCUT2D eigenvalue weighted by Gasteiger charge is 2.16. The van der Waals surface area contributed by atoms with E-state index in [0.717, 1.165) is 5.56 Å². The predicted octanol–water partition coefficient (Wildman–Crippen LogP) is 3.75. The fraction of sp³-hybridized carbons (Fsp3) is 0.316. The number of nitro groups is 1. The van der Waals surface area contributed by atoms with E-state index in [2.05, 4.69) is 5.32 Å². The van der Waals surface area contributed by atoms with E-state index in [0.29, 0.717) is 17.8 Å². The summed E-state index contributed by atoms with van der Waals surface area (Å²) in [6.07, 6.45) is 0. The second kappa shape index (κ2) is 8.39. The molecule has 0 saturated carbocycles. The van der Waals surface area contributed by atoms with E-state index >= 15 is 0 Å². The first-order chi connectivity index (χ1) is 11.9. The van der Waals surface area contributed by atoms with Crippen molar-refractivity contribution in [2.45, 2.75) is 33.4 Å². The fourth-order valence-electron chi connectivity index (χ4n) is 2.51. The molecule has 0 atom stereocenters. The van der Waals surface area contributed by atoms with Crippen molar-refractivity contribution >= 4 is 17.3 Å². The Hall–Kier alpha value is -2.73. The van der Waals surface area contributed by atoms with Crippen LogP contribution in [0.3, 0.4) is 0 Å². The molecule has 0 radical (unpaired) electrons. The molecule has 25 heavy (non-hydrogen) atoms. The molecule has 6 nitrogen and oxygen atoms in total. The highest BCUT2D eigenvalue weighted by Crippen LogP contribution is 2.22. The van der Waals surface area contributed by atoms with Gasteiger partial charge in [0.2, 0.25) is 5.91 Å². The molecule has 0 bridgehead atoms. The van der Waals surface area contributed by atoms with Crippen LogP contribution in [0.15, 0.2) is 48.5 Å². The molecule has 6 heteroatoms. The molecule has 0 saturated heterocycles. The molecule has 0 aliphatic carbocycles. The Bertz CT molecular complexity index is 745. The van der Waals surface area contributed by atoms with E-state index in [4.69, 9.17) is 0 Å². The third kappa shape index (κ3) is 5.39. The lowest BCUT2D eigenvalue weighted by atomic mass is 10.1. The molecule has 0 aliphatic heterocycles. The lowest BCUT2D eigenvalue weighted by Gasteiger charge is -2.25. The Morgan fingerprint density at radius 2 is 1.88 bits per heavy atom. The third-order valence-corrected chi connectivity index (χ3v) is 4.00. The van der Waals surface area contributed by atoms with Crippen molar-refractivity contribution in [3.63, 3.8) is 0 Å². The molecular weight excluding hydrogens is 318 g/mol. The maximum Gasteiger partial charge on any atom is 0.274 e. The largest absolute Gasteiger partial charge is 0.325 e. The summed E-state index contributed by atoms with van der Waals surface area (Å²) in [5.41, 5.74) is 2.14. The summed E-state index contributed by atoms with van der Waals surface area (Å²) in [7, 11) is 0. The van der Waals surface area contributed by atoms with Gasteiger partial charge in [0.05, 0.1) is 11.5 Å². The van der Waals surface area contributed by atoms with E-state index in [1.54, 1.807) is 19.1 Å². The zero-order valence-corrected chi connectivity index (χ0v) is 14.7. The second-order valence-corrected chi connectivity index (χ2v) is 6.29. The Morgan fingerprint density at radius 1 is 1.20 bits per heavy atom. The number of anilines is 1. The molecule has 1 N–H and O–H groups in total. The average molecular weight is 341 g/mol. The zero-order chi connectivity index (χ0) is 18.4. The van der Waals surface area contributed by atoms with Gasteiger partial charge in [0.1, 0.15) is 0 Å². The summed E-state index contributed by atoms with van der Waals surface area (Å²) >= 11 is 0. The number of hydrogen-bond donors (Lipinski definition) is 1. The van der Waals surface area contributed by atoms with E-state index in [1.165, 1.54) is 6.07 Å². The molecule has 0 aliphatic rings. The molecule has 0 unspecified atom stereocenters. The molecule has 2 aromatic rings. The molecule has 132 valence electrons. The molecule has 0 heterocycles. The van der Waals surface area contributed by atoms with Crippen molar-refractivity contribution < 1.29 is 9.72 Å². The van der Waals surface area contributed by atoms with Crippen molar-refractivity contribution in [2.75, 3.05) is 11.9 Å². The normalized spacial score (nSPS) is 10.9. The number of carbonyl (C=O) groups excluding carboxylic acids is 1. The molecular formula is C19H23N3O3. The van der Waals surface area contributed by atoms with Crippen LogP contribution in [0.2, 0.25) is 0 Å². The summed E-state index contributed by atoms with van der Waals surface area (Å²) < 4.78 is 0. The van der Waals surface area contributed by atoms with Gasteiger partial charge in [-0.3, -0.25) is 19.8 Å². The number of aryl methyl sites for hydroxylation is 1. The van der Waals surface area contributed by atoms with Gasteiger partial charge in [-0.2, -0.15) is 0 Å². The Morgan fingerprint density at radius 3 is 2.48 bits per heavy atom. The molecule has 1 amide bonds. The van der Waals surface area contributed by atoms with Gasteiger partial charge in [0.25, 0.3) is 5.69 Å². The SMILES string of the molecule is Cc1ccc(NC(=O)CN(Cc2ccccc2)C(C)C)cc1[N+](=O)[O-]. The van der Waals surface area contributed by atoms with Gasteiger partial charge < -0.3 is 5.32 Å². The van der Waals surface area contributed by atoms with Gasteiger partial charge in [-0.15, -0.1) is 0 Å². The van der Waals surface area contributed by atoms with Crippen LogP contribution in [-0.2, 0) is 11.3 Å². The van der Waals surface area contributed by atoms with Crippen molar-refractivity contribution in [3.05, 3.63) is 69.8 Å². The van der Waals surface area contributed by atoms with Crippen LogP contribution < -0.4 is 5.32 Å². The van der Waals surface area contributed by atoms with Crippen LogP contribution in [0.25, 0.3) is 0 Å². The minimum absolute atomic E-state index is 0.00259. The van der Waals surface area contributed by atoms with Gasteiger partial charge in [-0.25, -0.2) is 0 Å². The van der Waals surface area contributed by atoms with Crippen molar-refractivity contribution in [3.8, 4) is 0 Å². The minimum Gasteiger partial charge on any atom is -0.325 e. The summed E-state index contributed by atoms with van der Waals surface area (Å²) in [6.45, 7) is 6.62. The number of nitro benzene ring substituents is 1. The standard InChI is InChI=1S/C19H23N3O3/c1-14(2)21(12-16-7-5-4-6-8-16)13-19(23)20-17-10-9-15(3)18(11-17)22(24)25/h4-11,14H,12-13H2,1-3H3,(H,20,23). The van der Waals surface area contributed by atoms with Crippen molar-refractivity contribution in [1.29, 1.82) is 0 Å². The number of benzene rings is 2. The van der Waals surface area contributed by atoms with Gasteiger partial charge in [-0.1, -0.05) is 36.4 Å². The minimum atomic E-state index is -0.444. The number of amides is 1. The Balaban J connectivity index is 2.04. The topological polar surface area (TPSA) is 75.5 Å². The quantitative estimate of drug-likeness (QED) is 0.615. The second-order valence-electron chi connectivity index (χ2n) is 6.29. The third-order valence-electron chi connectivity index (χ3n) is 4.00. The first kappa shape index (κ1) is 18.6. The summed E-state index contributed by atoms with van der Waals surface area (Å²) in [5.74, 6) is -0.192. The van der Waals surface area contributed by atoms with Crippen LogP contribution in [0.1, 0.15) is 25.0 Å². The Kier molecular flexibility index (Phi) is 6.25.